The van der Waals surface area contributed by atoms with Crippen molar-refractivity contribution in [3.05, 3.63) is 187 Å². The van der Waals surface area contributed by atoms with Gasteiger partial charge in [0.15, 0.2) is 5.84 Å². The van der Waals surface area contributed by atoms with Crippen LogP contribution in [0.5, 0.6) is 0 Å². The molecule has 0 radical (unpaired) electrons. The zero-order valence-electron chi connectivity index (χ0n) is 26.9. The minimum Gasteiger partial charge on any atom is -0.293 e. The van der Waals surface area contributed by atoms with E-state index in [4.69, 9.17) is 15.0 Å². The van der Waals surface area contributed by atoms with E-state index in [0.717, 1.165) is 74.4 Å². The van der Waals surface area contributed by atoms with Crippen molar-refractivity contribution >= 4 is 39.1 Å². The largest absolute Gasteiger partial charge is 0.293 e. The van der Waals surface area contributed by atoms with Crippen molar-refractivity contribution in [3.8, 4) is 28.2 Å². The van der Waals surface area contributed by atoms with Crippen LogP contribution in [0.25, 0.3) is 55.7 Å². The van der Waals surface area contributed by atoms with E-state index in [9.17, 15) is 0 Å². The Hall–Kier alpha value is -6.39. The number of pyridine rings is 1. The third-order valence-corrected chi connectivity index (χ3v) is 9.31. The summed E-state index contributed by atoms with van der Waals surface area (Å²) < 4.78 is 2.35. The molecule has 0 saturated heterocycles. The van der Waals surface area contributed by atoms with Gasteiger partial charge in [-0.05, 0) is 42.2 Å². The van der Waals surface area contributed by atoms with Gasteiger partial charge in [0, 0.05) is 33.0 Å². The molecule has 232 valence electrons. The molecule has 3 aliphatic rings. The fourth-order valence-electron chi connectivity index (χ4n) is 7.09. The van der Waals surface area contributed by atoms with Crippen LogP contribution in [0.1, 0.15) is 29.5 Å². The lowest BCUT2D eigenvalue weighted by atomic mass is 9.92. The van der Waals surface area contributed by atoms with Crippen LogP contribution in [0, 0.1) is 0 Å². The number of hydrogen-bond acceptors (Lipinski definition) is 3. The second kappa shape index (κ2) is 12.3. The van der Waals surface area contributed by atoms with Gasteiger partial charge >= 0.3 is 0 Å². The maximum absolute atomic E-state index is 5.40. The Bertz CT molecular complexity index is 2520. The van der Waals surface area contributed by atoms with E-state index >= 15 is 0 Å². The molecule has 49 heavy (non-hydrogen) atoms. The number of fused-ring (bicyclic) bond motifs is 4. The molecule has 0 atom stereocenters. The van der Waals surface area contributed by atoms with Crippen LogP contribution in [0.3, 0.4) is 0 Å². The smallest absolute Gasteiger partial charge is 0.160 e. The molecule has 0 aliphatic carbocycles. The zero-order chi connectivity index (χ0) is 32.6. The van der Waals surface area contributed by atoms with E-state index in [1.54, 1.807) is 0 Å². The Morgan fingerprint density at radius 2 is 1.10 bits per heavy atom. The van der Waals surface area contributed by atoms with E-state index in [0.29, 0.717) is 5.84 Å². The highest BCUT2D eigenvalue weighted by molar-refractivity contribution is 6.17. The van der Waals surface area contributed by atoms with Crippen molar-refractivity contribution in [1.29, 1.82) is 0 Å². The third-order valence-electron chi connectivity index (χ3n) is 9.31. The molecule has 0 N–H and O–H groups in total. The number of amidine groups is 1. The highest BCUT2D eigenvalue weighted by atomic mass is 15.1. The Morgan fingerprint density at radius 1 is 0.490 bits per heavy atom. The van der Waals surface area contributed by atoms with Crippen LogP contribution >= 0.6 is 0 Å². The van der Waals surface area contributed by atoms with Gasteiger partial charge in [-0.2, -0.15) is 0 Å². The molecular formula is C45H32N4. The quantitative estimate of drug-likeness (QED) is 0.187. The van der Waals surface area contributed by atoms with Crippen molar-refractivity contribution in [2.75, 3.05) is 0 Å². The Morgan fingerprint density at radius 3 is 1.88 bits per heavy atom. The summed E-state index contributed by atoms with van der Waals surface area (Å²) in [4.78, 5) is 15.9. The highest BCUT2D eigenvalue weighted by Gasteiger charge is 2.26. The first kappa shape index (κ1) is 28.8. The second-order valence-corrected chi connectivity index (χ2v) is 12.3. The van der Waals surface area contributed by atoms with E-state index in [1.165, 1.54) is 16.5 Å². The lowest BCUT2D eigenvalue weighted by Gasteiger charge is -2.23. The Kier molecular flexibility index (Phi) is 7.25. The first-order chi connectivity index (χ1) is 24.3. The molecule has 0 saturated carbocycles. The zero-order valence-corrected chi connectivity index (χ0v) is 26.9. The number of rotatable bonds is 5. The van der Waals surface area contributed by atoms with Crippen LogP contribution in [-0.2, 0) is 0 Å². The first-order valence-electron chi connectivity index (χ1n) is 16.8. The van der Waals surface area contributed by atoms with E-state index in [2.05, 4.69) is 150 Å². The summed E-state index contributed by atoms with van der Waals surface area (Å²) in [5.41, 5.74) is 11.7. The molecule has 0 aromatic heterocycles. The molecule has 4 nitrogen and oxygen atoms in total. The molecule has 0 unspecified atom stereocenters. The van der Waals surface area contributed by atoms with Crippen LogP contribution in [0.15, 0.2) is 180 Å². The predicted octanol–water partition coefficient (Wildman–Crippen LogP) is 11.0. The van der Waals surface area contributed by atoms with Crippen LogP contribution in [0.4, 0.5) is 0 Å². The van der Waals surface area contributed by atoms with Gasteiger partial charge in [0.1, 0.15) is 5.82 Å². The maximum Gasteiger partial charge on any atom is 0.160 e. The lowest BCUT2D eigenvalue weighted by Crippen LogP contribution is -2.14. The van der Waals surface area contributed by atoms with Crippen molar-refractivity contribution < 1.29 is 0 Å². The molecule has 6 aromatic carbocycles. The summed E-state index contributed by atoms with van der Waals surface area (Å²) in [7, 11) is 0. The number of hydrogen-bond donors (Lipinski definition) is 0. The summed E-state index contributed by atoms with van der Waals surface area (Å²) in [5, 5.41) is 2.32. The van der Waals surface area contributed by atoms with Gasteiger partial charge < -0.3 is 0 Å². The first-order valence-corrected chi connectivity index (χ1v) is 16.8. The van der Waals surface area contributed by atoms with Crippen molar-refractivity contribution in [3.63, 3.8) is 0 Å². The third kappa shape index (κ3) is 5.15. The fourth-order valence-corrected chi connectivity index (χ4v) is 7.09. The molecule has 3 heterocycles. The van der Waals surface area contributed by atoms with E-state index in [1.807, 2.05) is 24.3 Å². The van der Waals surface area contributed by atoms with Gasteiger partial charge in [0.2, 0.25) is 0 Å². The van der Waals surface area contributed by atoms with Crippen LogP contribution in [0.2, 0.25) is 0 Å². The van der Waals surface area contributed by atoms with Gasteiger partial charge in [-0.25, -0.2) is 15.0 Å². The van der Waals surface area contributed by atoms with E-state index in [-0.39, 0.29) is 0 Å². The van der Waals surface area contributed by atoms with Crippen molar-refractivity contribution in [2.24, 2.45) is 9.98 Å². The molecule has 0 amide bonds. The normalized spacial score (nSPS) is 16.7. The van der Waals surface area contributed by atoms with Crippen LogP contribution in [-0.4, -0.2) is 21.1 Å². The predicted molar refractivity (Wildman–Crippen MR) is 204 cm³/mol. The summed E-state index contributed by atoms with van der Waals surface area (Å²) in [6, 6.07) is 57.2. The Balaban J connectivity index is 1.31. The number of aliphatic imine (C=N–C) groups is 2. The lowest BCUT2D eigenvalue weighted by molar-refractivity contribution is 1.05. The number of allylic oxidation sites excluding steroid dienone is 1. The summed E-state index contributed by atoms with van der Waals surface area (Å²) in [6.45, 7) is 0. The minimum absolute atomic E-state index is 0.705. The molecule has 4 heteroatoms. The average molecular weight is 629 g/mol. The number of aromatic nitrogens is 2. The maximum atomic E-state index is 5.40. The second-order valence-electron chi connectivity index (χ2n) is 12.3. The monoisotopic (exact) mass is 628 g/mol. The minimum atomic E-state index is 0.705. The SMILES string of the molecule is C1=C(c2ccccc2)/N=C(c2ccccc2)\N=C(\c2ccccc2-n2c3nc4ccccc4c-3c(-c3ccccc3)c3ccccc32)CC\1. The number of nitrogens with zero attached hydrogens (tertiary/aromatic N) is 4. The number of para-hydroxylation sites is 3. The van der Waals surface area contributed by atoms with E-state index < -0.39 is 0 Å². The summed E-state index contributed by atoms with van der Waals surface area (Å²) >= 11 is 0. The van der Waals surface area contributed by atoms with Gasteiger partial charge in [-0.1, -0.05) is 152 Å². The highest BCUT2D eigenvalue weighted by Crippen LogP contribution is 2.45. The van der Waals surface area contributed by atoms with Gasteiger partial charge in [-0.3, -0.25) is 4.57 Å². The van der Waals surface area contributed by atoms with Gasteiger partial charge in [0.25, 0.3) is 0 Å². The fraction of sp³-hybridized carbons (Fsp3) is 0.0444. The topological polar surface area (TPSA) is 42.5 Å². The molecule has 0 spiro atoms. The van der Waals surface area contributed by atoms with Crippen LogP contribution < -0.4 is 0 Å². The average Bonchev–Trinajstić information content (AvgIpc) is 3.54. The standard InChI is InChI=1S/C45H32N4/c1-4-17-31(18-5-1)37-27-16-28-38(47-44(46-37)33-21-8-3-9-22-33)34-23-11-14-29-40(34)49-41-30-15-12-25-36(41)42(32-19-6-2-7-20-32)43-35-24-10-13-26-39(35)48-45(43)49/h1-15,17-27,29-30H,16,28H2/b37-27-,46-44-,47-38+. The molecule has 3 aliphatic heterocycles. The molecule has 0 fully saturated rings. The Labute approximate surface area is 285 Å². The van der Waals surface area contributed by atoms with Crippen molar-refractivity contribution in [1.82, 2.24) is 9.55 Å². The van der Waals surface area contributed by atoms with Gasteiger partial charge in [-0.15, -0.1) is 0 Å². The summed E-state index contributed by atoms with van der Waals surface area (Å²) in [5.74, 6) is 1.64. The summed E-state index contributed by atoms with van der Waals surface area (Å²) in [6.07, 6.45) is 3.82. The van der Waals surface area contributed by atoms with Gasteiger partial charge in [0.05, 0.1) is 28.1 Å². The molecule has 6 aromatic rings. The van der Waals surface area contributed by atoms with Crippen molar-refractivity contribution in [2.45, 2.75) is 12.8 Å². The molecular weight excluding hydrogens is 597 g/mol. The molecule has 9 rings (SSSR count). The number of benzene rings is 6. The molecule has 0 bridgehead atoms.